The van der Waals surface area contributed by atoms with Crippen LogP contribution in [-0.4, -0.2) is 11.5 Å². The number of hydrogen-bond acceptors (Lipinski definition) is 2. The van der Waals surface area contributed by atoms with Crippen LogP contribution in [0.5, 0.6) is 0 Å². The summed E-state index contributed by atoms with van der Waals surface area (Å²) in [7, 11) is 0. The Labute approximate surface area is 132 Å². The summed E-state index contributed by atoms with van der Waals surface area (Å²) in [6, 6.07) is 19.0. The molecule has 22 heavy (non-hydrogen) atoms. The average molecular weight is 290 g/mol. The molecular weight excluding hydrogens is 268 g/mol. The van der Waals surface area contributed by atoms with Gasteiger partial charge in [-0.15, -0.1) is 0 Å². The second-order valence-electron chi connectivity index (χ2n) is 5.73. The molecule has 1 unspecified atom stereocenters. The van der Waals surface area contributed by atoms with Crippen LogP contribution in [0.25, 0.3) is 10.9 Å². The second kappa shape index (κ2) is 6.61. The SMILES string of the molecule is CCC(CNc1c(C)cnc2ccccc12)c1ccccc1. The van der Waals surface area contributed by atoms with Gasteiger partial charge in [0.05, 0.1) is 5.52 Å². The van der Waals surface area contributed by atoms with Gasteiger partial charge in [0.1, 0.15) is 0 Å². The molecule has 112 valence electrons. The molecule has 0 spiro atoms. The molecule has 2 heteroatoms. The van der Waals surface area contributed by atoms with Crippen LogP contribution in [0, 0.1) is 6.92 Å². The Bertz CT molecular complexity index is 750. The van der Waals surface area contributed by atoms with Gasteiger partial charge in [0.25, 0.3) is 0 Å². The molecule has 0 fully saturated rings. The summed E-state index contributed by atoms with van der Waals surface area (Å²) < 4.78 is 0. The zero-order chi connectivity index (χ0) is 15.4. The molecule has 1 N–H and O–H groups in total. The number of fused-ring (bicyclic) bond motifs is 1. The van der Waals surface area contributed by atoms with E-state index in [1.165, 1.54) is 22.2 Å². The molecule has 0 amide bonds. The first-order chi connectivity index (χ1) is 10.8. The maximum absolute atomic E-state index is 4.51. The fourth-order valence-corrected chi connectivity index (χ4v) is 2.92. The number of para-hydroxylation sites is 1. The van der Waals surface area contributed by atoms with E-state index in [9.17, 15) is 0 Å². The molecule has 3 aromatic rings. The van der Waals surface area contributed by atoms with E-state index < -0.39 is 0 Å². The molecule has 0 aliphatic carbocycles. The van der Waals surface area contributed by atoms with Crippen molar-refractivity contribution in [2.24, 2.45) is 0 Å². The highest BCUT2D eigenvalue weighted by Gasteiger charge is 2.11. The molecule has 0 radical (unpaired) electrons. The second-order valence-corrected chi connectivity index (χ2v) is 5.73. The lowest BCUT2D eigenvalue weighted by atomic mass is 9.96. The third-order valence-electron chi connectivity index (χ3n) is 4.25. The van der Waals surface area contributed by atoms with Gasteiger partial charge in [-0.05, 0) is 30.5 Å². The molecule has 0 saturated carbocycles. The summed E-state index contributed by atoms with van der Waals surface area (Å²) in [6.45, 7) is 5.30. The topological polar surface area (TPSA) is 24.9 Å². The van der Waals surface area contributed by atoms with Crippen molar-refractivity contribution in [2.75, 3.05) is 11.9 Å². The third-order valence-corrected chi connectivity index (χ3v) is 4.25. The lowest BCUT2D eigenvalue weighted by Gasteiger charge is -2.19. The molecule has 1 atom stereocenters. The monoisotopic (exact) mass is 290 g/mol. The highest BCUT2D eigenvalue weighted by molar-refractivity contribution is 5.92. The van der Waals surface area contributed by atoms with Crippen molar-refractivity contribution in [1.29, 1.82) is 0 Å². The van der Waals surface area contributed by atoms with Crippen LogP contribution in [-0.2, 0) is 0 Å². The van der Waals surface area contributed by atoms with Crippen molar-refractivity contribution >= 4 is 16.6 Å². The highest BCUT2D eigenvalue weighted by Crippen LogP contribution is 2.27. The molecule has 1 heterocycles. The minimum Gasteiger partial charge on any atom is -0.384 e. The summed E-state index contributed by atoms with van der Waals surface area (Å²) in [5.41, 5.74) is 4.85. The summed E-state index contributed by atoms with van der Waals surface area (Å²) in [4.78, 5) is 4.51. The minimum atomic E-state index is 0.521. The predicted molar refractivity (Wildman–Crippen MR) is 94.4 cm³/mol. The Morgan fingerprint density at radius 3 is 2.50 bits per heavy atom. The third kappa shape index (κ3) is 2.96. The van der Waals surface area contributed by atoms with E-state index >= 15 is 0 Å². The molecule has 3 rings (SSSR count). The highest BCUT2D eigenvalue weighted by atomic mass is 14.9. The van der Waals surface area contributed by atoms with Crippen LogP contribution >= 0.6 is 0 Å². The molecule has 0 bridgehead atoms. The number of benzene rings is 2. The Balaban J connectivity index is 1.86. The fourth-order valence-electron chi connectivity index (χ4n) is 2.92. The van der Waals surface area contributed by atoms with Gasteiger partial charge < -0.3 is 5.32 Å². The Morgan fingerprint density at radius 1 is 1.00 bits per heavy atom. The summed E-state index contributed by atoms with van der Waals surface area (Å²) in [5, 5.41) is 4.86. The van der Waals surface area contributed by atoms with E-state index in [1.807, 2.05) is 12.3 Å². The van der Waals surface area contributed by atoms with Crippen molar-refractivity contribution in [1.82, 2.24) is 4.98 Å². The van der Waals surface area contributed by atoms with Gasteiger partial charge >= 0.3 is 0 Å². The quantitative estimate of drug-likeness (QED) is 0.703. The van der Waals surface area contributed by atoms with E-state index in [1.54, 1.807) is 0 Å². The normalized spacial score (nSPS) is 12.3. The summed E-state index contributed by atoms with van der Waals surface area (Å²) in [5.74, 6) is 0.521. The van der Waals surface area contributed by atoms with Crippen molar-refractivity contribution in [3.63, 3.8) is 0 Å². The van der Waals surface area contributed by atoms with E-state index in [4.69, 9.17) is 0 Å². The number of rotatable bonds is 5. The smallest absolute Gasteiger partial charge is 0.0722 e. The maximum atomic E-state index is 4.51. The molecule has 0 aliphatic rings. The van der Waals surface area contributed by atoms with Gasteiger partial charge in [0, 0.05) is 29.7 Å². The maximum Gasteiger partial charge on any atom is 0.0722 e. The van der Waals surface area contributed by atoms with Crippen molar-refractivity contribution in [3.8, 4) is 0 Å². The first-order valence-corrected chi connectivity index (χ1v) is 7.92. The van der Waals surface area contributed by atoms with Crippen molar-refractivity contribution in [3.05, 3.63) is 71.9 Å². The van der Waals surface area contributed by atoms with Crippen LogP contribution in [0.15, 0.2) is 60.8 Å². The first kappa shape index (κ1) is 14.6. The predicted octanol–water partition coefficient (Wildman–Crippen LogP) is 5.15. The van der Waals surface area contributed by atoms with Crippen molar-refractivity contribution in [2.45, 2.75) is 26.2 Å². The number of aromatic nitrogens is 1. The molecule has 2 aromatic carbocycles. The van der Waals surface area contributed by atoms with E-state index in [0.717, 1.165) is 18.5 Å². The van der Waals surface area contributed by atoms with Gasteiger partial charge in [0.2, 0.25) is 0 Å². The molecule has 0 saturated heterocycles. The van der Waals surface area contributed by atoms with Crippen LogP contribution in [0.3, 0.4) is 0 Å². The molecule has 0 aliphatic heterocycles. The lowest BCUT2D eigenvalue weighted by molar-refractivity contribution is 0.695. The minimum absolute atomic E-state index is 0.521. The Kier molecular flexibility index (Phi) is 4.38. The number of nitrogens with one attached hydrogen (secondary N) is 1. The number of anilines is 1. The Hall–Kier alpha value is -2.35. The Morgan fingerprint density at radius 2 is 1.73 bits per heavy atom. The number of aryl methyl sites for hydroxylation is 1. The van der Waals surface area contributed by atoms with Crippen LogP contribution < -0.4 is 5.32 Å². The van der Waals surface area contributed by atoms with Gasteiger partial charge in [0.15, 0.2) is 0 Å². The van der Waals surface area contributed by atoms with E-state index in [-0.39, 0.29) is 0 Å². The van der Waals surface area contributed by atoms with Gasteiger partial charge in [-0.3, -0.25) is 4.98 Å². The number of pyridine rings is 1. The zero-order valence-electron chi connectivity index (χ0n) is 13.2. The molecular formula is C20H22N2. The summed E-state index contributed by atoms with van der Waals surface area (Å²) in [6.07, 6.45) is 3.08. The summed E-state index contributed by atoms with van der Waals surface area (Å²) >= 11 is 0. The largest absolute Gasteiger partial charge is 0.384 e. The van der Waals surface area contributed by atoms with E-state index in [2.05, 4.69) is 72.7 Å². The van der Waals surface area contributed by atoms with Gasteiger partial charge in [-0.2, -0.15) is 0 Å². The number of nitrogens with zero attached hydrogens (tertiary/aromatic N) is 1. The van der Waals surface area contributed by atoms with Crippen LogP contribution in [0.1, 0.15) is 30.4 Å². The first-order valence-electron chi connectivity index (χ1n) is 7.92. The molecule has 1 aromatic heterocycles. The van der Waals surface area contributed by atoms with Crippen LogP contribution in [0.2, 0.25) is 0 Å². The van der Waals surface area contributed by atoms with Crippen molar-refractivity contribution < 1.29 is 0 Å². The lowest BCUT2D eigenvalue weighted by Crippen LogP contribution is -2.13. The standard InChI is InChI=1S/C20H22N2/c1-3-16(17-9-5-4-6-10-17)14-22-20-15(2)13-21-19-12-8-7-11-18(19)20/h4-13,16H,3,14H2,1-2H3,(H,21,22). The zero-order valence-corrected chi connectivity index (χ0v) is 13.2. The van der Waals surface area contributed by atoms with Crippen LogP contribution in [0.4, 0.5) is 5.69 Å². The average Bonchev–Trinajstić information content (AvgIpc) is 2.58. The molecule has 2 nitrogen and oxygen atoms in total. The van der Waals surface area contributed by atoms with E-state index in [0.29, 0.717) is 5.92 Å². The van der Waals surface area contributed by atoms with Gasteiger partial charge in [-0.1, -0.05) is 55.5 Å². The number of hydrogen-bond donors (Lipinski definition) is 1. The fraction of sp³-hybridized carbons (Fsp3) is 0.250. The van der Waals surface area contributed by atoms with Gasteiger partial charge in [-0.25, -0.2) is 0 Å².